The SMILES string of the molecule is CCN(CC1(CC(=O)O)CC1)c1ccccc1. The second-order valence-corrected chi connectivity index (χ2v) is 4.92. The van der Waals surface area contributed by atoms with Gasteiger partial charge < -0.3 is 10.0 Å². The van der Waals surface area contributed by atoms with Crippen molar-refractivity contribution in [3.05, 3.63) is 30.3 Å². The van der Waals surface area contributed by atoms with Gasteiger partial charge in [-0.2, -0.15) is 0 Å². The number of carboxylic acid groups (broad SMARTS) is 1. The summed E-state index contributed by atoms with van der Waals surface area (Å²) in [5, 5.41) is 8.93. The van der Waals surface area contributed by atoms with Gasteiger partial charge in [0.1, 0.15) is 0 Å². The number of para-hydroxylation sites is 1. The number of nitrogens with zero attached hydrogens (tertiary/aromatic N) is 1. The lowest BCUT2D eigenvalue weighted by Gasteiger charge is -2.27. The van der Waals surface area contributed by atoms with Gasteiger partial charge in [-0.05, 0) is 37.3 Å². The fourth-order valence-electron chi connectivity index (χ4n) is 2.32. The van der Waals surface area contributed by atoms with Crippen LogP contribution in [0, 0.1) is 5.41 Å². The molecule has 0 radical (unpaired) electrons. The number of hydrogen-bond acceptors (Lipinski definition) is 2. The van der Waals surface area contributed by atoms with Gasteiger partial charge in [0.25, 0.3) is 0 Å². The second-order valence-electron chi connectivity index (χ2n) is 4.92. The Morgan fingerprint density at radius 2 is 2.00 bits per heavy atom. The van der Waals surface area contributed by atoms with Crippen LogP contribution in [0.15, 0.2) is 30.3 Å². The molecule has 1 fully saturated rings. The average molecular weight is 233 g/mol. The molecule has 0 aliphatic heterocycles. The van der Waals surface area contributed by atoms with Crippen molar-refractivity contribution in [1.82, 2.24) is 0 Å². The lowest BCUT2D eigenvalue weighted by Crippen LogP contribution is -2.31. The second kappa shape index (κ2) is 4.78. The molecule has 3 heteroatoms. The summed E-state index contributed by atoms with van der Waals surface area (Å²) in [5.74, 6) is -0.674. The molecule has 1 aromatic rings. The van der Waals surface area contributed by atoms with Gasteiger partial charge >= 0.3 is 5.97 Å². The van der Waals surface area contributed by atoms with Crippen molar-refractivity contribution in [3.63, 3.8) is 0 Å². The summed E-state index contributed by atoms with van der Waals surface area (Å²) in [7, 11) is 0. The third-order valence-electron chi connectivity index (χ3n) is 3.51. The Bertz CT molecular complexity index is 384. The largest absolute Gasteiger partial charge is 0.481 e. The van der Waals surface area contributed by atoms with Gasteiger partial charge in [-0.1, -0.05) is 18.2 Å². The minimum atomic E-state index is -0.674. The molecular weight excluding hydrogens is 214 g/mol. The highest BCUT2D eigenvalue weighted by Crippen LogP contribution is 2.49. The van der Waals surface area contributed by atoms with Crippen LogP contribution in [0.5, 0.6) is 0 Å². The number of carbonyl (C=O) groups is 1. The standard InChI is InChI=1S/C14H19NO2/c1-2-15(12-6-4-3-5-7-12)11-14(8-9-14)10-13(16)17/h3-7H,2,8-11H2,1H3,(H,16,17). The van der Waals surface area contributed by atoms with E-state index >= 15 is 0 Å². The van der Waals surface area contributed by atoms with Crippen molar-refractivity contribution in [1.29, 1.82) is 0 Å². The first kappa shape index (κ1) is 12.0. The van der Waals surface area contributed by atoms with Crippen molar-refractivity contribution in [2.45, 2.75) is 26.2 Å². The van der Waals surface area contributed by atoms with Crippen LogP contribution in [0.2, 0.25) is 0 Å². The van der Waals surface area contributed by atoms with Gasteiger partial charge in [-0.15, -0.1) is 0 Å². The molecule has 0 unspecified atom stereocenters. The number of benzene rings is 1. The third kappa shape index (κ3) is 2.99. The zero-order chi connectivity index (χ0) is 12.3. The molecule has 0 atom stereocenters. The Kier molecular flexibility index (Phi) is 3.36. The maximum atomic E-state index is 10.8. The zero-order valence-corrected chi connectivity index (χ0v) is 10.2. The van der Waals surface area contributed by atoms with E-state index < -0.39 is 5.97 Å². The van der Waals surface area contributed by atoms with Crippen LogP contribution >= 0.6 is 0 Å². The van der Waals surface area contributed by atoms with Gasteiger partial charge in [0.15, 0.2) is 0 Å². The Labute approximate surface area is 102 Å². The van der Waals surface area contributed by atoms with Gasteiger partial charge in [-0.3, -0.25) is 4.79 Å². The van der Waals surface area contributed by atoms with Gasteiger partial charge in [-0.25, -0.2) is 0 Å². The highest BCUT2D eigenvalue weighted by molar-refractivity contribution is 5.68. The molecule has 1 aliphatic rings. The summed E-state index contributed by atoms with van der Waals surface area (Å²) in [6.45, 7) is 3.90. The molecule has 0 heterocycles. The van der Waals surface area contributed by atoms with E-state index in [1.54, 1.807) is 0 Å². The molecule has 2 rings (SSSR count). The Morgan fingerprint density at radius 3 is 2.47 bits per heavy atom. The summed E-state index contributed by atoms with van der Waals surface area (Å²) in [6, 6.07) is 10.2. The number of anilines is 1. The first-order valence-electron chi connectivity index (χ1n) is 6.17. The number of hydrogen-bond donors (Lipinski definition) is 1. The number of aliphatic carboxylic acids is 1. The van der Waals surface area contributed by atoms with E-state index in [9.17, 15) is 4.79 Å². The molecule has 0 saturated heterocycles. The number of carboxylic acids is 1. The van der Waals surface area contributed by atoms with Crippen molar-refractivity contribution >= 4 is 11.7 Å². The minimum Gasteiger partial charge on any atom is -0.481 e. The fraction of sp³-hybridized carbons (Fsp3) is 0.500. The summed E-state index contributed by atoms with van der Waals surface area (Å²) in [4.78, 5) is 13.1. The van der Waals surface area contributed by atoms with Crippen LogP contribution in [0.1, 0.15) is 26.2 Å². The summed E-state index contributed by atoms with van der Waals surface area (Å²) >= 11 is 0. The monoisotopic (exact) mass is 233 g/mol. The first-order valence-corrected chi connectivity index (χ1v) is 6.17. The minimum absolute atomic E-state index is 0.0255. The van der Waals surface area contributed by atoms with E-state index in [4.69, 9.17) is 5.11 Å². The molecular formula is C14H19NO2. The van der Waals surface area contributed by atoms with Crippen molar-refractivity contribution in [3.8, 4) is 0 Å². The van der Waals surface area contributed by atoms with Crippen molar-refractivity contribution in [2.75, 3.05) is 18.0 Å². The fourth-order valence-corrected chi connectivity index (χ4v) is 2.32. The van der Waals surface area contributed by atoms with E-state index in [0.29, 0.717) is 6.42 Å². The molecule has 92 valence electrons. The van der Waals surface area contributed by atoms with Crippen LogP contribution < -0.4 is 4.90 Å². The van der Waals surface area contributed by atoms with Crippen LogP contribution in [-0.2, 0) is 4.79 Å². The highest BCUT2D eigenvalue weighted by atomic mass is 16.4. The van der Waals surface area contributed by atoms with Crippen LogP contribution in [0.25, 0.3) is 0 Å². The molecule has 0 amide bonds. The number of rotatable bonds is 6. The lowest BCUT2D eigenvalue weighted by atomic mass is 10.0. The Balaban J connectivity index is 2.03. The zero-order valence-electron chi connectivity index (χ0n) is 10.2. The Hall–Kier alpha value is -1.51. The van der Waals surface area contributed by atoms with E-state index in [1.807, 2.05) is 18.2 Å². The van der Waals surface area contributed by atoms with Crippen LogP contribution in [0.3, 0.4) is 0 Å². The van der Waals surface area contributed by atoms with Gasteiger partial charge in [0.05, 0.1) is 6.42 Å². The summed E-state index contributed by atoms with van der Waals surface area (Å²) < 4.78 is 0. The summed E-state index contributed by atoms with van der Waals surface area (Å²) in [5.41, 5.74) is 1.21. The molecule has 1 aromatic carbocycles. The topological polar surface area (TPSA) is 40.5 Å². The molecule has 1 N–H and O–H groups in total. The van der Waals surface area contributed by atoms with E-state index in [0.717, 1.165) is 25.9 Å². The average Bonchev–Trinajstić information content (AvgIpc) is 3.06. The van der Waals surface area contributed by atoms with Crippen LogP contribution in [0.4, 0.5) is 5.69 Å². The summed E-state index contributed by atoms with van der Waals surface area (Å²) in [6.07, 6.45) is 2.39. The van der Waals surface area contributed by atoms with Gasteiger partial charge in [0.2, 0.25) is 0 Å². The Morgan fingerprint density at radius 1 is 1.35 bits per heavy atom. The molecule has 17 heavy (non-hydrogen) atoms. The molecule has 0 bridgehead atoms. The normalized spacial score (nSPS) is 16.5. The van der Waals surface area contributed by atoms with E-state index in [2.05, 4.69) is 24.0 Å². The molecule has 1 aliphatic carbocycles. The third-order valence-corrected chi connectivity index (χ3v) is 3.51. The lowest BCUT2D eigenvalue weighted by molar-refractivity contribution is -0.138. The van der Waals surface area contributed by atoms with Crippen molar-refractivity contribution in [2.24, 2.45) is 5.41 Å². The molecule has 1 saturated carbocycles. The van der Waals surface area contributed by atoms with Crippen molar-refractivity contribution < 1.29 is 9.90 Å². The molecule has 0 aromatic heterocycles. The smallest absolute Gasteiger partial charge is 0.303 e. The highest BCUT2D eigenvalue weighted by Gasteiger charge is 2.45. The maximum Gasteiger partial charge on any atom is 0.303 e. The predicted octanol–water partition coefficient (Wildman–Crippen LogP) is 2.77. The molecule has 3 nitrogen and oxygen atoms in total. The molecule has 0 spiro atoms. The van der Waals surface area contributed by atoms with Crippen LogP contribution in [-0.4, -0.2) is 24.2 Å². The van der Waals surface area contributed by atoms with E-state index in [1.165, 1.54) is 5.69 Å². The quantitative estimate of drug-likeness (QED) is 0.821. The van der Waals surface area contributed by atoms with E-state index in [-0.39, 0.29) is 5.41 Å². The predicted molar refractivity (Wildman–Crippen MR) is 68.2 cm³/mol. The first-order chi connectivity index (χ1) is 8.15. The maximum absolute atomic E-state index is 10.8. The van der Waals surface area contributed by atoms with Gasteiger partial charge in [0, 0.05) is 18.8 Å².